The maximum atomic E-state index is 12.5. The van der Waals surface area contributed by atoms with Crippen molar-refractivity contribution in [3.63, 3.8) is 0 Å². The standard InChI is InChI=1S/C12H11F3O3/c13-12(14,15)8-3-4-9(11(16)17)10(5-8)18-6-7-1-2-7/h3-5,7H,1-2,6H2,(H,16,17). The van der Waals surface area contributed by atoms with Crippen molar-refractivity contribution >= 4 is 5.97 Å². The largest absolute Gasteiger partial charge is 0.492 e. The summed E-state index contributed by atoms with van der Waals surface area (Å²) in [6, 6.07) is 2.41. The maximum Gasteiger partial charge on any atom is 0.416 e. The number of aromatic carboxylic acids is 1. The first kappa shape index (κ1) is 12.7. The third-order valence-corrected chi connectivity index (χ3v) is 2.71. The lowest BCUT2D eigenvalue weighted by Crippen LogP contribution is -2.10. The summed E-state index contributed by atoms with van der Waals surface area (Å²) < 4.78 is 42.7. The fourth-order valence-electron chi connectivity index (χ4n) is 1.49. The lowest BCUT2D eigenvalue weighted by Gasteiger charge is -2.12. The number of benzene rings is 1. The Balaban J connectivity index is 2.27. The average Bonchev–Trinajstić information content (AvgIpc) is 3.08. The molecule has 1 aromatic rings. The molecule has 0 radical (unpaired) electrons. The van der Waals surface area contributed by atoms with E-state index in [1.807, 2.05) is 0 Å². The van der Waals surface area contributed by atoms with E-state index in [-0.39, 0.29) is 17.9 Å². The smallest absolute Gasteiger partial charge is 0.416 e. The Morgan fingerprint density at radius 1 is 1.39 bits per heavy atom. The molecule has 0 saturated heterocycles. The summed E-state index contributed by atoms with van der Waals surface area (Å²) in [5.41, 5.74) is -1.15. The second-order valence-corrected chi connectivity index (χ2v) is 4.27. The molecule has 0 heterocycles. The van der Waals surface area contributed by atoms with Crippen LogP contribution in [0.2, 0.25) is 0 Å². The van der Waals surface area contributed by atoms with Gasteiger partial charge >= 0.3 is 12.1 Å². The van der Waals surface area contributed by atoms with Gasteiger partial charge in [0.05, 0.1) is 12.2 Å². The molecule has 18 heavy (non-hydrogen) atoms. The Bertz CT molecular complexity index is 464. The number of carbonyl (C=O) groups is 1. The molecule has 1 aliphatic carbocycles. The fraction of sp³-hybridized carbons (Fsp3) is 0.417. The first-order valence-corrected chi connectivity index (χ1v) is 5.45. The van der Waals surface area contributed by atoms with Crippen molar-refractivity contribution in [3.8, 4) is 5.75 Å². The monoisotopic (exact) mass is 260 g/mol. The third-order valence-electron chi connectivity index (χ3n) is 2.71. The van der Waals surface area contributed by atoms with Crippen molar-refractivity contribution in [2.24, 2.45) is 5.92 Å². The number of carboxylic acid groups (broad SMARTS) is 1. The molecule has 0 atom stereocenters. The molecule has 1 aliphatic rings. The second-order valence-electron chi connectivity index (χ2n) is 4.27. The number of alkyl halides is 3. The molecule has 0 unspecified atom stereocenters. The maximum absolute atomic E-state index is 12.5. The number of hydrogen-bond acceptors (Lipinski definition) is 2. The third kappa shape index (κ3) is 2.94. The van der Waals surface area contributed by atoms with E-state index < -0.39 is 17.7 Å². The van der Waals surface area contributed by atoms with Gasteiger partial charge in [-0.15, -0.1) is 0 Å². The van der Waals surface area contributed by atoms with Crippen molar-refractivity contribution in [3.05, 3.63) is 29.3 Å². The van der Waals surface area contributed by atoms with Crippen LogP contribution in [0.4, 0.5) is 13.2 Å². The highest BCUT2D eigenvalue weighted by Crippen LogP contribution is 2.35. The minimum absolute atomic E-state index is 0.218. The molecule has 0 bridgehead atoms. The highest BCUT2D eigenvalue weighted by atomic mass is 19.4. The van der Waals surface area contributed by atoms with Crippen LogP contribution in [0.3, 0.4) is 0 Å². The van der Waals surface area contributed by atoms with E-state index >= 15 is 0 Å². The Morgan fingerprint density at radius 3 is 2.56 bits per heavy atom. The Kier molecular flexibility index (Phi) is 3.19. The van der Waals surface area contributed by atoms with Crippen molar-refractivity contribution in [1.82, 2.24) is 0 Å². The average molecular weight is 260 g/mol. The summed E-state index contributed by atoms with van der Waals surface area (Å²) in [5, 5.41) is 8.88. The van der Waals surface area contributed by atoms with Crippen LogP contribution in [0, 0.1) is 5.92 Å². The van der Waals surface area contributed by atoms with Crippen LogP contribution >= 0.6 is 0 Å². The second kappa shape index (κ2) is 4.51. The molecule has 0 aromatic heterocycles. The van der Waals surface area contributed by atoms with Gasteiger partial charge in [0, 0.05) is 0 Å². The Hall–Kier alpha value is -1.72. The quantitative estimate of drug-likeness (QED) is 0.904. The highest BCUT2D eigenvalue weighted by Gasteiger charge is 2.32. The fourth-order valence-corrected chi connectivity index (χ4v) is 1.49. The molecular formula is C12H11F3O3. The first-order valence-electron chi connectivity index (χ1n) is 5.45. The molecular weight excluding hydrogens is 249 g/mol. The van der Waals surface area contributed by atoms with Gasteiger partial charge in [-0.3, -0.25) is 0 Å². The van der Waals surface area contributed by atoms with Crippen LogP contribution in [0.25, 0.3) is 0 Å². The molecule has 1 fully saturated rings. The van der Waals surface area contributed by atoms with Gasteiger partial charge in [-0.25, -0.2) is 4.79 Å². The van der Waals surface area contributed by atoms with E-state index in [2.05, 4.69) is 0 Å². The Labute approximate surface area is 101 Å². The summed E-state index contributed by atoms with van der Waals surface area (Å²) in [6.07, 6.45) is -2.56. The molecule has 6 heteroatoms. The summed E-state index contributed by atoms with van der Waals surface area (Å²) in [7, 11) is 0. The molecule has 1 saturated carbocycles. The zero-order chi connectivity index (χ0) is 13.3. The zero-order valence-electron chi connectivity index (χ0n) is 9.33. The van der Waals surface area contributed by atoms with Crippen LogP contribution in [0.15, 0.2) is 18.2 Å². The summed E-state index contributed by atoms with van der Waals surface area (Å²) >= 11 is 0. The lowest BCUT2D eigenvalue weighted by molar-refractivity contribution is -0.137. The minimum atomic E-state index is -4.51. The van der Waals surface area contributed by atoms with E-state index in [1.165, 1.54) is 0 Å². The van der Waals surface area contributed by atoms with Gasteiger partial charge in [0.1, 0.15) is 11.3 Å². The SMILES string of the molecule is O=C(O)c1ccc(C(F)(F)F)cc1OCC1CC1. The molecule has 2 rings (SSSR count). The number of carboxylic acids is 1. The van der Waals surface area contributed by atoms with Gasteiger partial charge < -0.3 is 9.84 Å². The van der Waals surface area contributed by atoms with E-state index in [0.29, 0.717) is 5.92 Å². The van der Waals surface area contributed by atoms with E-state index in [0.717, 1.165) is 31.0 Å². The van der Waals surface area contributed by atoms with Crippen LogP contribution in [-0.4, -0.2) is 17.7 Å². The van der Waals surface area contributed by atoms with Crippen LogP contribution in [0.5, 0.6) is 5.75 Å². The van der Waals surface area contributed by atoms with E-state index in [9.17, 15) is 18.0 Å². The van der Waals surface area contributed by atoms with Crippen molar-refractivity contribution in [1.29, 1.82) is 0 Å². The number of halogens is 3. The summed E-state index contributed by atoms with van der Waals surface area (Å²) in [4.78, 5) is 10.9. The van der Waals surface area contributed by atoms with Crippen molar-refractivity contribution in [2.75, 3.05) is 6.61 Å². The molecule has 1 N–H and O–H groups in total. The number of ether oxygens (including phenoxy) is 1. The van der Waals surface area contributed by atoms with Crippen LogP contribution in [-0.2, 0) is 6.18 Å². The highest BCUT2D eigenvalue weighted by molar-refractivity contribution is 5.91. The Morgan fingerprint density at radius 2 is 2.06 bits per heavy atom. The lowest BCUT2D eigenvalue weighted by atomic mass is 10.1. The van der Waals surface area contributed by atoms with Gasteiger partial charge in [0.2, 0.25) is 0 Å². The topological polar surface area (TPSA) is 46.5 Å². The predicted octanol–water partition coefficient (Wildman–Crippen LogP) is 3.19. The predicted molar refractivity (Wildman–Crippen MR) is 56.6 cm³/mol. The van der Waals surface area contributed by atoms with Gasteiger partial charge in [-0.05, 0) is 37.0 Å². The van der Waals surface area contributed by atoms with Gasteiger partial charge in [-0.2, -0.15) is 13.2 Å². The molecule has 0 spiro atoms. The van der Waals surface area contributed by atoms with Crippen molar-refractivity contribution in [2.45, 2.75) is 19.0 Å². The van der Waals surface area contributed by atoms with Crippen LogP contribution in [0.1, 0.15) is 28.8 Å². The van der Waals surface area contributed by atoms with E-state index in [4.69, 9.17) is 9.84 Å². The van der Waals surface area contributed by atoms with Crippen molar-refractivity contribution < 1.29 is 27.8 Å². The zero-order valence-corrected chi connectivity index (χ0v) is 9.33. The van der Waals surface area contributed by atoms with Gasteiger partial charge in [0.25, 0.3) is 0 Å². The first-order chi connectivity index (χ1) is 8.38. The van der Waals surface area contributed by atoms with Gasteiger partial charge in [0.15, 0.2) is 0 Å². The normalized spacial score (nSPS) is 15.5. The van der Waals surface area contributed by atoms with E-state index in [1.54, 1.807) is 0 Å². The van der Waals surface area contributed by atoms with Crippen LogP contribution < -0.4 is 4.74 Å². The number of hydrogen-bond donors (Lipinski definition) is 1. The number of rotatable bonds is 4. The molecule has 98 valence electrons. The molecule has 0 aliphatic heterocycles. The molecule has 1 aromatic carbocycles. The summed E-state index contributed by atoms with van der Waals surface area (Å²) in [6.45, 7) is 0.265. The summed E-state index contributed by atoms with van der Waals surface area (Å²) in [5.74, 6) is -1.18. The minimum Gasteiger partial charge on any atom is -0.492 e. The van der Waals surface area contributed by atoms with Gasteiger partial charge in [-0.1, -0.05) is 0 Å². The molecule has 0 amide bonds. The molecule has 3 nitrogen and oxygen atoms in total.